The van der Waals surface area contributed by atoms with Gasteiger partial charge < -0.3 is 11.1 Å². The summed E-state index contributed by atoms with van der Waals surface area (Å²) in [4.78, 5) is 17.3. The predicted octanol–water partition coefficient (Wildman–Crippen LogP) is 2.08. The largest absolute Gasteiger partial charge is 0.352 e. The Morgan fingerprint density at radius 1 is 1.43 bits per heavy atom. The summed E-state index contributed by atoms with van der Waals surface area (Å²) in [6, 6.07) is 5.47. The van der Waals surface area contributed by atoms with Gasteiger partial charge in [0.25, 0.3) is 5.91 Å². The number of amides is 1. The molecule has 108 valence electrons. The molecule has 2 aromatic heterocycles. The zero-order valence-corrected chi connectivity index (χ0v) is 12.8. The quantitative estimate of drug-likeness (QED) is 0.848. The van der Waals surface area contributed by atoms with Crippen molar-refractivity contribution in [3.63, 3.8) is 0 Å². The van der Waals surface area contributed by atoms with E-state index in [0.717, 1.165) is 15.6 Å². The molecule has 0 aliphatic rings. The monoisotopic (exact) mass is 319 g/mol. The molecule has 0 saturated carbocycles. The average Bonchev–Trinajstić information content (AvgIpc) is 2.91. The summed E-state index contributed by atoms with van der Waals surface area (Å²) in [6.45, 7) is 0.789. The lowest BCUT2D eigenvalue weighted by Gasteiger charge is -2.06. The van der Waals surface area contributed by atoms with Crippen LogP contribution in [0.15, 0.2) is 30.6 Å². The number of nitrogens with one attached hydrogen (secondary N) is 1. The van der Waals surface area contributed by atoms with Crippen LogP contribution in [0.2, 0.25) is 4.34 Å². The highest BCUT2D eigenvalue weighted by Crippen LogP contribution is 2.21. The highest BCUT2D eigenvalue weighted by Gasteiger charge is 2.09. The minimum atomic E-state index is -0.165. The van der Waals surface area contributed by atoms with E-state index in [1.54, 1.807) is 18.5 Å². The molecule has 1 amide bonds. The summed E-state index contributed by atoms with van der Waals surface area (Å²) in [6.07, 6.45) is 3.89. The SMILES string of the molecule is NCC#Cc1cnccc1C(=O)NCCc1ccc(Cl)s1. The van der Waals surface area contributed by atoms with Crippen LogP contribution >= 0.6 is 22.9 Å². The maximum atomic E-state index is 12.2. The third-order valence-electron chi connectivity index (χ3n) is 2.68. The molecule has 6 heteroatoms. The average molecular weight is 320 g/mol. The molecule has 0 aliphatic heterocycles. The van der Waals surface area contributed by atoms with Crippen LogP contribution in [0.3, 0.4) is 0 Å². The van der Waals surface area contributed by atoms with Gasteiger partial charge in [-0.2, -0.15) is 0 Å². The molecule has 21 heavy (non-hydrogen) atoms. The zero-order valence-electron chi connectivity index (χ0n) is 11.2. The van der Waals surface area contributed by atoms with Gasteiger partial charge in [0.2, 0.25) is 0 Å². The second-order valence-corrected chi connectivity index (χ2v) is 5.94. The Morgan fingerprint density at radius 2 is 2.29 bits per heavy atom. The molecule has 0 bridgehead atoms. The van der Waals surface area contributed by atoms with Gasteiger partial charge in [-0.3, -0.25) is 9.78 Å². The van der Waals surface area contributed by atoms with Crippen molar-refractivity contribution in [2.45, 2.75) is 6.42 Å². The maximum absolute atomic E-state index is 12.2. The van der Waals surface area contributed by atoms with Gasteiger partial charge in [-0.05, 0) is 24.6 Å². The Labute approximate surface area is 132 Å². The molecular weight excluding hydrogens is 306 g/mol. The molecule has 0 saturated heterocycles. The fourth-order valence-corrected chi connectivity index (χ4v) is 2.81. The standard InChI is InChI=1S/C15H14ClN3OS/c16-14-4-3-12(21-14)5-9-19-15(20)13-6-8-18-10-11(13)2-1-7-17/h3-4,6,8,10H,5,7,9,17H2,(H,19,20). The summed E-state index contributed by atoms with van der Waals surface area (Å²) in [5.74, 6) is 5.42. The van der Waals surface area contributed by atoms with Crippen LogP contribution < -0.4 is 11.1 Å². The molecule has 0 radical (unpaired) electrons. The lowest BCUT2D eigenvalue weighted by Crippen LogP contribution is -2.26. The normalized spacial score (nSPS) is 9.81. The smallest absolute Gasteiger partial charge is 0.252 e. The van der Waals surface area contributed by atoms with Crippen LogP contribution in [0.1, 0.15) is 20.8 Å². The lowest BCUT2D eigenvalue weighted by molar-refractivity contribution is 0.0954. The Kier molecular flexibility index (Phi) is 5.76. The van der Waals surface area contributed by atoms with E-state index in [-0.39, 0.29) is 12.5 Å². The Hall–Kier alpha value is -1.87. The van der Waals surface area contributed by atoms with Crippen molar-refractivity contribution in [3.8, 4) is 11.8 Å². The summed E-state index contributed by atoms with van der Waals surface area (Å²) >= 11 is 7.38. The Morgan fingerprint density at radius 3 is 3.00 bits per heavy atom. The van der Waals surface area contributed by atoms with Gasteiger partial charge in [0.1, 0.15) is 0 Å². The van der Waals surface area contributed by atoms with Gasteiger partial charge in [-0.15, -0.1) is 11.3 Å². The van der Waals surface area contributed by atoms with E-state index < -0.39 is 0 Å². The molecule has 0 aromatic carbocycles. The van der Waals surface area contributed by atoms with Gasteiger partial charge in [0.15, 0.2) is 0 Å². The molecule has 0 atom stereocenters. The van der Waals surface area contributed by atoms with Crippen LogP contribution in [0, 0.1) is 11.8 Å². The second kappa shape index (κ2) is 7.79. The maximum Gasteiger partial charge on any atom is 0.252 e. The summed E-state index contributed by atoms with van der Waals surface area (Å²) in [5, 5.41) is 2.87. The predicted molar refractivity (Wildman–Crippen MR) is 85.5 cm³/mol. The van der Waals surface area contributed by atoms with Crippen molar-refractivity contribution < 1.29 is 4.79 Å². The number of nitrogens with two attached hydrogens (primary N) is 1. The third-order valence-corrected chi connectivity index (χ3v) is 3.97. The van der Waals surface area contributed by atoms with Crippen molar-refractivity contribution in [1.82, 2.24) is 10.3 Å². The van der Waals surface area contributed by atoms with Gasteiger partial charge in [-0.25, -0.2) is 0 Å². The van der Waals surface area contributed by atoms with E-state index in [2.05, 4.69) is 22.1 Å². The van der Waals surface area contributed by atoms with Gasteiger partial charge in [0, 0.05) is 23.8 Å². The lowest BCUT2D eigenvalue weighted by atomic mass is 10.1. The number of aromatic nitrogens is 1. The second-order valence-electron chi connectivity index (χ2n) is 4.14. The van der Waals surface area contributed by atoms with E-state index in [1.165, 1.54) is 11.3 Å². The highest BCUT2D eigenvalue weighted by atomic mass is 35.5. The van der Waals surface area contributed by atoms with Crippen molar-refractivity contribution in [2.75, 3.05) is 13.1 Å². The molecule has 2 aromatic rings. The van der Waals surface area contributed by atoms with Crippen molar-refractivity contribution in [3.05, 3.63) is 50.9 Å². The van der Waals surface area contributed by atoms with E-state index in [0.29, 0.717) is 17.7 Å². The van der Waals surface area contributed by atoms with Gasteiger partial charge in [0.05, 0.1) is 22.0 Å². The summed E-state index contributed by atoms with van der Waals surface area (Å²) in [7, 11) is 0. The van der Waals surface area contributed by atoms with E-state index in [4.69, 9.17) is 17.3 Å². The topological polar surface area (TPSA) is 68.0 Å². The number of carbonyl (C=O) groups is 1. The number of hydrogen-bond acceptors (Lipinski definition) is 4. The summed E-state index contributed by atoms with van der Waals surface area (Å²) < 4.78 is 0.754. The Bertz CT molecular complexity index is 687. The minimum absolute atomic E-state index is 0.165. The molecular formula is C15H14ClN3OS. The van der Waals surface area contributed by atoms with Crippen LogP contribution in [-0.4, -0.2) is 24.0 Å². The van der Waals surface area contributed by atoms with E-state index in [9.17, 15) is 4.79 Å². The van der Waals surface area contributed by atoms with Gasteiger partial charge in [-0.1, -0.05) is 23.4 Å². The molecule has 0 unspecified atom stereocenters. The molecule has 3 N–H and O–H groups in total. The first-order valence-corrected chi connectivity index (χ1v) is 7.55. The number of hydrogen-bond donors (Lipinski definition) is 2. The number of thiophene rings is 1. The first-order chi connectivity index (χ1) is 10.2. The van der Waals surface area contributed by atoms with E-state index >= 15 is 0 Å². The van der Waals surface area contributed by atoms with Gasteiger partial charge >= 0.3 is 0 Å². The summed E-state index contributed by atoms with van der Waals surface area (Å²) in [5.41, 5.74) is 6.44. The Balaban J connectivity index is 1.97. The molecule has 4 nitrogen and oxygen atoms in total. The molecule has 2 heterocycles. The molecule has 0 aliphatic carbocycles. The van der Waals surface area contributed by atoms with Crippen LogP contribution in [0.25, 0.3) is 0 Å². The molecule has 0 fully saturated rings. The number of nitrogens with zero attached hydrogens (tertiary/aromatic N) is 1. The first kappa shape index (κ1) is 15.5. The fraction of sp³-hybridized carbons (Fsp3) is 0.200. The first-order valence-electron chi connectivity index (χ1n) is 6.36. The number of rotatable bonds is 4. The zero-order chi connectivity index (χ0) is 15.1. The molecule has 2 rings (SSSR count). The third kappa shape index (κ3) is 4.57. The fourth-order valence-electron chi connectivity index (χ4n) is 1.72. The van der Waals surface area contributed by atoms with Crippen LogP contribution in [0.5, 0.6) is 0 Å². The van der Waals surface area contributed by atoms with E-state index in [1.807, 2.05) is 12.1 Å². The van der Waals surface area contributed by atoms with Crippen molar-refractivity contribution >= 4 is 28.8 Å². The van der Waals surface area contributed by atoms with Crippen molar-refractivity contribution in [1.29, 1.82) is 0 Å². The number of pyridine rings is 1. The minimum Gasteiger partial charge on any atom is -0.352 e. The van der Waals surface area contributed by atoms with Crippen LogP contribution in [-0.2, 0) is 6.42 Å². The number of carbonyl (C=O) groups excluding carboxylic acids is 1. The number of halogens is 1. The highest BCUT2D eigenvalue weighted by molar-refractivity contribution is 7.16. The molecule has 0 spiro atoms. The van der Waals surface area contributed by atoms with Crippen LogP contribution in [0.4, 0.5) is 0 Å². The van der Waals surface area contributed by atoms with Crippen molar-refractivity contribution in [2.24, 2.45) is 5.73 Å².